The molecule has 0 saturated carbocycles. The van der Waals surface area contributed by atoms with Crippen molar-refractivity contribution in [3.8, 4) is 0 Å². The van der Waals surface area contributed by atoms with Gasteiger partial charge in [-0.05, 0) is 0 Å². The monoisotopic (exact) mass is 260 g/mol. The Hall–Kier alpha value is -1.44. The minimum absolute atomic E-state index is 0.136. The highest BCUT2D eigenvalue weighted by Crippen LogP contribution is 1.96. The van der Waals surface area contributed by atoms with Crippen LogP contribution in [0.2, 0.25) is 0 Å². The zero-order valence-electron chi connectivity index (χ0n) is 10.3. The first-order valence-corrected chi connectivity index (χ1v) is 5.61. The lowest BCUT2D eigenvalue weighted by molar-refractivity contribution is -0.134. The summed E-state index contributed by atoms with van der Waals surface area (Å²) >= 11 is 0. The van der Waals surface area contributed by atoms with E-state index < -0.39 is 5.97 Å². The molecule has 4 N–H and O–H groups in total. The van der Waals surface area contributed by atoms with E-state index in [2.05, 4.69) is 11.9 Å². The minimum atomic E-state index is -1.17. The lowest BCUT2D eigenvalue weighted by atomic mass is 10.2. The van der Waals surface area contributed by atoms with Crippen molar-refractivity contribution in [2.24, 2.45) is 5.73 Å². The fraction of sp³-hybridized carbons (Fsp3) is 0.636. The zero-order chi connectivity index (χ0) is 13.8. The third kappa shape index (κ3) is 9.76. The molecule has 18 heavy (non-hydrogen) atoms. The van der Waals surface area contributed by atoms with E-state index in [1.54, 1.807) is 0 Å². The summed E-state index contributed by atoms with van der Waals surface area (Å²) in [6, 6.07) is 0. The molecule has 0 spiro atoms. The highest BCUT2D eigenvalue weighted by Gasteiger charge is 2.09. The number of hydrogen-bond donors (Lipinski definition) is 3. The van der Waals surface area contributed by atoms with Crippen molar-refractivity contribution < 1.29 is 24.2 Å². The number of nitrogens with two attached hydrogens (primary N) is 1. The third-order valence-corrected chi connectivity index (χ3v) is 1.88. The number of aliphatic carboxylic acids is 1. The molecule has 0 fully saturated rings. The van der Waals surface area contributed by atoms with Crippen LogP contribution in [0.5, 0.6) is 0 Å². The molecule has 0 aromatic heterocycles. The normalized spacial score (nSPS) is 10.1. The van der Waals surface area contributed by atoms with Crippen molar-refractivity contribution in [3.63, 3.8) is 0 Å². The van der Waals surface area contributed by atoms with Crippen molar-refractivity contribution in [3.05, 3.63) is 12.2 Å². The summed E-state index contributed by atoms with van der Waals surface area (Å²) < 4.78 is 10.2. The van der Waals surface area contributed by atoms with Crippen molar-refractivity contribution in [2.45, 2.75) is 6.42 Å². The van der Waals surface area contributed by atoms with Crippen LogP contribution in [0.25, 0.3) is 0 Å². The molecule has 0 bridgehead atoms. The number of carboxylic acids is 1. The highest BCUT2D eigenvalue weighted by molar-refractivity contribution is 5.93. The maximum absolute atomic E-state index is 11.2. The van der Waals surface area contributed by atoms with Crippen molar-refractivity contribution in [1.29, 1.82) is 0 Å². The molecule has 0 saturated heterocycles. The van der Waals surface area contributed by atoms with E-state index in [0.29, 0.717) is 39.5 Å². The summed E-state index contributed by atoms with van der Waals surface area (Å²) in [5, 5.41) is 11.0. The van der Waals surface area contributed by atoms with E-state index in [-0.39, 0.29) is 17.9 Å². The van der Waals surface area contributed by atoms with Crippen LogP contribution in [0.15, 0.2) is 12.2 Å². The largest absolute Gasteiger partial charge is 0.478 e. The Kier molecular flexibility index (Phi) is 9.84. The minimum Gasteiger partial charge on any atom is -0.478 e. The third-order valence-electron chi connectivity index (χ3n) is 1.88. The SMILES string of the molecule is C=C(CC(=O)NCCOCCOCCN)C(=O)O. The number of carboxylic acid groups (broad SMARTS) is 1. The van der Waals surface area contributed by atoms with Gasteiger partial charge in [-0.15, -0.1) is 0 Å². The smallest absolute Gasteiger partial charge is 0.331 e. The van der Waals surface area contributed by atoms with Gasteiger partial charge in [0.05, 0.1) is 32.8 Å². The number of rotatable bonds is 11. The Balaban J connectivity index is 3.36. The maximum Gasteiger partial charge on any atom is 0.331 e. The first kappa shape index (κ1) is 16.6. The summed E-state index contributed by atoms with van der Waals surface area (Å²) in [5.74, 6) is -1.55. The second-order valence-corrected chi connectivity index (χ2v) is 3.45. The fourth-order valence-electron chi connectivity index (χ4n) is 1.000. The van der Waals surface area contributed by atoms with Gasteiger partial charge in [-0.25, -0.2) is 4.79 Å². The Morgan fingerprint density at radius 3 is 2.33 bits per heavy atom. The van der Waals surface area contributed by atoms with E-state index in [9.17, 15) is 9.59 Å². The number of hydrogen-bond acceptors (Lipinski definition) is 5. The average molecular weight is 260 g/mol. The van der Waals surface area contributed by atoms with Gasteiger partial charge in [0.25, 0.3) is 0 Å². The van der Waals surface area contributed by atoms with Crippen molar-refractivity contribution in [1.82, 2.24) is 5.32 Å². The lowest BCUT2D eigenvalue weighted by Crippen LogP contribution is -2.28. The molecule has 0 rings (SSSR count). The maximum atomic E-state index is 11.2. The van der Waals surface area contributed by atoms with E-state index in [1.807, 2.05) is 0 Å². The molecular formula is C11H20N2O5. The molecule has 0 aliphatic heterocycles. The molecule has 0 heterocycles. The predicted molar refractivity (Wildman–Crippen MR) is 65.1 cm³/mol. The van der Waals surface area contributed by atoms with Crippen molar-refractivity contribution in [2.75, 3.05) is 39.5 Å². The van der Waals surface area contributed by atoms with Gasteiger partial charge >= 0.3 is 5.97 Å². The topological polar surface area (TPSA) is 111 Å². The molecule has 7 heteroatoms. The molecular weight excluding hydrogens is 240 g/mol. The Morgan fingerprint density at radius 1 is 1.17 bits per heavy atom. The number of amides is 1. The second kappa shape index (κ2) is 10.7. The average Bonchev–Trinajstić information content (AvgIpc) is 2.32. The van der Waals surface area contributed by atoms with Gasteiger partial charge in [-0.1, -0.05) is 6.58 Å². The first-order chi connectivity index (χ1) is 8.57. The van der Waals surface area contributed by atoms with Gasteiger partial charge in [-0.3, -0.25) is 4.79 Å². The molecule has 0 atom stereocenters. The summed E-state index contributed by atoms with van der Waals surface area (Å²) in [7, 11) is 0. The Labute approximate surface area is 106 Å². The van der Waals surface area contributed by atoms with Crippen LogP contribution >= 0.6 is 0 Å². The molecule has 0 aromatic carbocycles. The van der Waals surface area contributed by atoms with Gasteiger partial charge in [0.2, 0.25) is 5.91 Å². The van der Waals surface area contributed by atoms with Crippen LogP contribution in [0.4, 0.5) is 0 Å². The van der Waals surface area contributed by atoms with Gasteiger partial charge in [0.15, 0.2) is 0 Å². The lowest BCUT2D eigenvalue weighted by Gasteiger charge is -2.06. The van der Waals surface area contributed by atoms with Crippen LogP contribution in [-0.4, -0.2) is 56.5 Å². The summed E-state index contributed by atoms with van der Waals surface area (Å²) in [6.45, 7) is 5.79. The number of nitrogens with one attached hydrogen (secondary N) is 1. The molecule has 0 unspecified atom stereocenters. The van der Waals surface area contributed by atoms with Gasteiger partial charge in [-0.2, -0.15) is 0 Å². The van der Waals surface area contributed by atoms with Crippen LogP contribution in [0, 0.1) is 0 Å². The zero-order valence-corrected chi connectivity index (χ0v) is 10.3. The highest BCUT2D eigenvalue weighted by atomic mass is 16.5. The quantitative estimate of drug-likeness (QED) is 0.329. The van der Waals surface area contributed by atoms with Gasteiger partial charge in [0.1, 0.15) is 0 Å². The number of carbonyl (C=O) groups excluding carboxylic acids is 1. The Bertz CT molecular complexity index is 281. The number of carbonyl (C=O) groups is 2. The molecule has 0 aromatic rings. The summed E-state index contributed by atoms with van der Waals surface area (Å²) in [5.41, 5.74) is 5.09. The second-order valence-electron chi connectivity index (χ2n) is 3.45. The summed E-state index contributed by atoms with van der Waals surface area (Å²) in [4.78, 5) is 21.6. The van der Waals surface area contributed by atoms with E-state index in [1.165, 1.54) is 0 Å². The van der Waals surface area contributed by atoms with Gasteiger partial charge < -0.3 is 25.6 Å². The van der Waals surface area contributed by atoms with Crippen LogP contribution in [0.1, 0.15) is 6.42 Å². The Morgan fingerprint density at radius 2 is 1.78 bits per heavy atom. The van der Waals surface area contributed by atoms with E-state index in [4.69, 9.17) is 20.3 Å². The predicted octanol–water partition coefficient (Wildman–Crippen LogP) is -0.875. The molecule has 7 nitrogen and oxygen atoms in total. The first-order valence-electron chi connectivity index (χ1n) is 5.61. The van der Waals surface area contributed by atoms with Crippen LogP contribution < -0.4 is 11.1 Å². The molecule has 0 aliphatic rings. The van der Waals surface area contributed by atoms with E-state index in [0.717, 1.165) is 0 Å². The molecule has 1 amide bonds. The molecule has 0 aliphatic carbocycles. The van der Waals surface area contributed by atoms with Crippen molar-refractivity contribution >= 4 is 11.9 Å². The van der Waals surface area contributed by atoms with E-state index >= 15 is 0 Å². The summed E-state index contributed by atoms with van der Waals surface area (Å²) in [6.07, 6.45) is -0.213. The number of ether oxygens (including phenoxy) is 2. The molecule has 104 valence electrons. The van der Waals surface area contributed by atoms with Crippen LogP contribution in [-0.2, 0) is 19.1 Å². The molecule has 0 radical (unpaired) electrons. The fourth-order valence-corrected chi connectivity index (χ4v) is 1.000. The van der Waals surface area contributed by atoms with Crippen LogP contribution in [0.3, 0.4) is 0 Å². The van der Waals surface area contributed by atoms with Gasteiger partial charge in [0, 0.05) is 18.7 Å². The standard InChI is InChI=1S/C11H20N2O5/c1-9(11(15)16)8-10(14)13-3-5-18-7-6-17-4-2-12/h1-8,12H2,(H,13,14)(H,15,16).